The molecule has 0 spiro atoms. The van der Waals surface area contributed by atoms with Crippen molar-refractivity contribution in [3.05, 3.63) is 35.7 Å². The smallest absolute Gasteiger partial charge is 0.0927 e. The van der Waals surface area contributed by atoms with Crippen molar-refractivity contribution in [1.82, 2.24) is 9.97 Å². The van der Waals surface area contributed by atoms with Gasteiger partial charge in [0.15, 0.2) is 0 Å². The van der Waals surface area contributed by atoms with E-state index in [1.807, 2.05) is 0 Å². The lowest BCUT2D eigenvalue weighted by molar-refractivity contribution is 0.610. The van der Waals surface area contributed by atoms with Crippen molar-refractivity contribution < 1.29 is 0 Å². The fraction of sp³-hybridized carbons (Fsp3) is 0.467. The monoisotopic (exact) mass is 306 g/mol. The molecule has 0 unspecified atom stereocenters. The molecular formula is C15H19BrN2. The van der Waals surface area contributed by atoms with Gasteiger partial charge in [0.05, 0.1) is 11.0 Å². The lowest BCUT2D eigenvalue weighted by atomic mass is 9.85. The molecule has 0 atom stereocenters. The van der Waals surface area contributed by atoms with Gasteiger partial charge in [0.2, 0.25) is 0 Å². The number of hydrogen-bond acceptors (Lipinski definition) is 2. The van der Waals surface area contributed by atoms with Crippen molar-refractivity contribution in [3.63, 3.8) is 0 Å². The Balaban J connectivity index is 2.68. The predicted octanol–water partition coefficient (Wildman–Crippen LogP) is 4.25. The Kier molecular flexibility index (Phi) is 4.00. The van der Waals surface area contributed by atoms with E-state index in [0.29, 0.717) is 0 Å². The SMILES string of the molecule is CCCc1ccc(C(C)(C)CBr)c2nccnc12. The standard InChI is InChI=1S/C15H19BrN2/c1-4-5-11-6-7-12(15(2,3)10-16)14-13(11)17-8-9-18-14/h6-9H,4-5,10H2,1-3H3. The molecule has 18 heavy (non-hydrogen) atoms. The summed E-state index contributed by atoms with van der Waals surface area (Å²) in [5.41, 5.74) is 4.75. The molecule has 0 aliphatic heterocycles. The molecule has 0 saturated carbocycles. The van der Waals surface area contributed by atoms with E-state index < -0.39 is 0 Å². The summed E-state index contributed by atoms with van der Waals surface area (Å²) in [4.78, 5) is 9.09. The van der Waals surface area contributed by atoms with Crippen molar-refractivity contribution in [1.29, 1.82) is 0 Å². The summed E-state index contributed by atoms with van der Waals surface area (Å²) < 4.78 is 0. The number of aryl methyl sites for hydroxylation is 1. The number of hydrogen-bond donors (Lipinski definition) is 0. The van der Waals surface area contributed by atoms with Crippen molar-refractivity contribution in [2.45, 2.75) is 39.0 Å². The van der Waals surface area contributed by atoms with E-state index >= 15 is 0 Å². The Labute approximate surface area is 117 Å². The zero-order valence-corrected chi connectivity index (χ0v) is 12.8. The van der Waals surface area contributed by atoms with E-state index in [9.17, 15) is 0 Å². The maximum atomic E-state index is 4.55. The second-order valence-corrected chi connectivity index (χ2v) is 5.85. The summed E-state index contributed by atoms with van der Waals surface area (Å²) in [5, 5.41) is 0.915. The maximum Gasteiger partial charge on any atom is 0.0927 e. The largest absolute Gasteiger partial charge is 0.253 e. The van der Waals surface area contributed by atoms with Gasteiger partial charge in [-0.3, -0.25) is 9.97 Å². The fourth-order valence-corrected chi connectivity index (χ4v) is 2.50. The fourth-order valence-electron chi connectivity index (χ4n) is 2.20. The molecule has 0 bridgehead atoms. The lowest BCUT2D eigenvalue weighted by Crippen LogP contribution is -2.20. The van der Waals surface area contributed by atoms with Crippen LogP contribution in [-0.4, -0.2) is 15.3 Å². The zero-order chi connectivity index (χ0) is 13.2. The summed E-state index contributed by atoms with van der Waals surface area (Å²) in [5.74, 6) is 0. The van der Waals surface area contributed by atoms with Gasteiger partial charge in [-0.25, -0.2) is 0 Å². The number of halogens is 1. The van der Waals surface area contributed by atoms with Gasteiger partial charge in [0.1, 0.15) is 0 Å². The Hall–Kier alpha value is -0.960. The third-order valence-electron chi connectivity index (χ3n) is 3.29. The van der Waals surface area contributed by atoms with Crippen molar-refractivity contribution in [2.75, 3.05) is 5.33 Å². The molecule has 1 aromatic heterocycles. The van der Waals surface area contributed by atoms with Gasteiger partial charge in [0, 0.05) is 23.1 Å². The molecular weight excluding hydrogens is 288 g/mol. The molecule has 0 fully saturated rings. The molecule has 3 heteroatoms. The minimum atomic E-state index is 0.0685. The summed E-state index contributed by atoms with van der Waals surface area (Å²) in [6, 6.07) is 4.42. The Morgan fingerprint density at radius 3 is 2.39 bits per heavy atom. The molecule has 96 valence electrons. The first-order valence-electron chi connectivity index (χ1n) is 6.39. The molecule has 2 nitrogen and oxygen atoms in total. The molecule has 2 rings (SSSR count). The third-order valence-corrected chi connectivity index (χ3v) is 4.69. The van der Waals surface area contributed by atoms with Crippen LogP contribution in [0.2, 0.25) is 0 Å². The second kappa shape index (κ2) is 5.35. The number of benzene rings is 1. The van der Waals surface area contributed by atoms with Crippen LogP contribution < -0.4 is 0 Å². The first-order chi connectivity index (χ1) is 8.60. The number of aromatic nitrogens is 2. The van der Waals surface area contributed by atoms with Crippen LogP contribution in [0, 0.1) is 0 Å². The van der Waals surface area contributed by atoms with Crippen LogP contribution in [0.25, 0.3) is 11.0 Å². The van der Waals surface area contributed by atoms with E-state index in [-0.39, 0.29) is 5.41 Å². The predicted molar refractivity (Wildman–Crippen MR) is 80.4 cm³/mol. The van der Waals surface area contributed by atoms with Gasteiger partial charge in [-0.05, 0) is 17.5 Å². The Morgan fingerprint density at radius 2 is 1.78 bits per heavy atom. The van der Waals surface area contributed by atoms with Crippen LogP contribution in [0.1, 0.15) is 38.3 Å². The number of nitrogens with zero attached hydrogens (tertiary/aromatic N) is 2. The van der Waals surface area contributed by atoms with Crippen LogP contribution in [0.15, 0.2) is 24.5 Å². The van der Waals surface area contributed by atoms with Gasteiger partial charge in [-0.2, -0.15) is 0 Å². The summed E-state index contributed by atoms with van der Waals surface area (Å²) in [6.45, 7) is 6.65. The van der Waals surface area contributed by atoms with Crippen LogP contribution in [0.3, 0.4) is 0 Å². The van der Waals surface area contributed by atoms with E-state index in [1.54, 1.807) is 12.4 Å². The van der Waals surface area contributed by atoms with Gasteiger partial charge < -0.3 is 0 Å². The minimum Gasteiger partial charge on any atom is -0.253 e. The van der Waals surface area contributed by atoms with Gasteiger partial charge >= 0.3 is 0 Å². The number of fused-ring (bicyclic) bond motifs is 1. The average Bonchev–Trinajstić information content (AvgIpc) is 2.39. The van der Waals surface area contributed by atoms with Crippen LogP contribution in [0.5, 0.6) is 0 Å². The van der Waals surface area contributed by atoms with E-state index in [0.717, 1.165) is 29.2 Å². The van der Waals surface area contributed by atoms with Crippen LogP contribution in [0.4, 0.5) is 0 Å². The van der Waals surface area contributed by atoms with Gasteiger partial charge in [0.25, 0.3) is 0 Å². The van der Waals surface area contributed by atoms with Crippen molar-refractivity contribution >= 4 is 27.0 Å². The van der Waals surface area contributed by atoms with E-state index in [4.69, 9.17) is 0 Å². The van der Waals surface area contributed by atoms with Gasteiger partial charge in [-0.15, -0.1) is 0 Å². The Bertz CT molecular complexity index is 549. The highest BCUT2D eigenvalue weighted by Gasteiger charge is 2.23. The van der Waals surface area contributed by atoms with E-state index in [2.05, 4.69) is 58.8 Å². The van der Waals surface area contributed by atoms with Crippen molar-refractivity contribution in [3.8, 4) is 0 Å². The summed E-state index contributed by atoms with van der Waals surface area (Å²) in [7, 11) is 0. The Morgan fingerprint density at radius 1 is 1.11 bits per heavy atom. The molecule has 0 saturated heterocycles. The minimum absolute atomic E-state index is 0.0685. The van der Waals surface area contributed by atoms with Gasteiger partial charge in [-0.1, -0.05) is 55.3 Å². The summed E-state index contributed by atoms with van der Waals surface area (Å²) in [6.07, 6.45) is 5.76. The highest BCUT2D eigenvalue weighted by atomic mass is 79.9. The zero-order valence-electron chi connectivity index (χ0n) is 11.2. The second-order valence-electron chi connectivity index (χ2n) is 5.29. The van der Waals surface area contributed by atoms with E-state index in [1.165, 1.54) is 11.1 Å². The van der Waals surface area contributed by atoms with Crippen molar-refractivity contribution in [2.24, 2.45) is 0 Å². The first-order valence-corrected chi connectivity index (χ1v) is 7.51. The molecule has 0 amide bonds. The maximum absolute atomic E-state index is 4.55. The first kappa shape index (κ1) is 13.5. The third kappa shape index (κ3) is 2.41. The normalized spacial score (nSPS) is 12.0. The summed E-state index contributed by atoms with van der Waals surface area (Å²) >= 11 is 3.59. The molecule has 1 heterocycles. The number of alkyl halides is 1. The topological polar surface area (TPSA) is 25.8 Å². The molecule has 0 N–H and O–H groups in total. The lowest BCUT2D eigenvalue weighted by Gasteiger charge is -2.24. The van der Waals surface area contributed by atoms with Crippen LogP contribution >= 0.6 is 15.9 Å². The average molecular weight is 307 g/mol. The highest BCUT2D eigenvalue weighted by Crippen LogP contribution is 2.31. The highest BCUT2D eigenvalue weighted by molar-refractivity contribution is 9.09. The molecule has 1 aromatic carbocycles. The molecule has 2 aromatic rings. The number of rotatable bonds is 4. The molecule has 0 aliphatic rings. The molecule has 0 radical (unpaired) electrons. The quantitative estimate of drug-likeness (QED) is 0.789. The molecule has 0 aliphatic carbocycles. The van der Waals surface area contributed by atoms with Crippen LogP contribution in [-0.2, 0) is 11.8 Å².